The van der Waals surface area contributed by atoms with E-state index in [0.717, 1.165) is 0 Å². The Hall–Kier alpha value is -1.69. The molecule has 104 valence electrons. The SMILES string of the molecule is O=S1(=O)c2ccccc2C(O)C1C(O)c1ccccc1. The number of fused-ring (bicyclic) bond motifs is 1. The fraction of sp³-hybridized carbons (Fsp3) is 0.200. The molecule has 0 bridgehead atoms. The molecule has 0 aliphatic carbocycles. The van der Waals surface area contributed by atoms with Gasteiger partial charge in [-0.3, -0.25) is 0 Å². The van der Waals surface area contributed by atoms with Crippen molar-refractivity contribution in [3.63, 3.8) is 0 Å². The Morgan fingerprint density at radius 3 is 2.20 bits per heavy atom. The number of sulfone groups is 1. The molecule has 1 heterocycles. The van der Waals surface area contributed by atoms with Gasteiger partial charge in [0.1, 0.15) is 11.4 Å². The molecular formula is C15H14O4S. The van der Waals surface area contributed by atoms with Crippen LogP contribution in [0.25, 0.3) is 0 Å². The molecule has 1 aliphatic rings. The Morgan fingerprint density at radius 1 is 0.950 bits per heavy atom. The van der Waals surface area contributed by atoms with Crippen LogP contribution in [0.2, 0.25) is 0 Å². The number of hydrogen-bond acceptors (Lipinski definition) is 4. The first-order valence-electron chi connectivity index (χ1n) is 6.27. The minimum Gasteiger partial charge on any atom is -0.387 e. The number of rotatable bonds is 2. The maximum Gasteiger partial charge on any atom is 0.187 e. The lowest BCUT2D eigenvalue weighted by atomic mass is 9.99. The quantitative estimate of drug-likeness (QED) is 0.881. The Morgan fingerprint density at radius 2 is 1.55 bits per heavy atom. The first kappa shape index (κ1) is 13.3. The maximum absolute atomic E-state index is 12.5. The van der Waals surface area contributed by atoms with Gasteiger partial charge < -0.3 is 10.2 Å². The number of hydrogen-bond donors (Lipinski definition) is 2. The zero-order valence-corrected chi connectivity index (χ0v) is 11.4. The summed E-state index contributed by atoms with van der Waals surface area (Å²) in [5.41, 5.74) is 0.834. The van der Waals surface area contributed by atoms with Crippen LogP contribution in [0.4, 0.5) is 0 Å². The molecule has 0 spiro atoms. The predicted octanol–water partition coefficient (Wildman–Crippen LogP) is 1.61. The fourth-order valence-electron chi connectivity index (χ4n) is 2.66. The standard InChI is InChI=1S/C15H14O4S/c16-13(10-6-2-1-3-7-10)15-14(17)11-8-4-5-9-12(11)20(15,18)19/h1-9,13-17H. The molecule has 2 aromatic rings. The molecular weight excluding hydrogens is 276 g/mol. The Labute approximate surface area is 117 Å². The minimum atomic E-state index is -3.74. The van der Waals surface area contributed by atoms with Crippen LogP contribution in [0.1, 0.15) is 23.3 Å². The summed E-state index contributed by atoms with van der Waals surface area (Å²) in [6, 6.07) is 14.9. The molecule has 3 rings (SSSR count). The van der Waals surface area contributed by atoms with Gasteiger partial charge in [-0.15, -0.1) is 0 Å². The summed E-state index contributed by atoms with van der Waals surface area (Å²) in [7, 11) is -3.74. The van der Waals surface area contributed by atoms with Crippen molar-refractivity contribution in [1.82, 2.24) is 0 Å². The summed E-state index contributed by atoms with van der Waals surface area (Å²) in [6.45, 7) is 0. The molecule has 0 amide bonds. The van der Waals surface area contributed by atoms with E-state index in [2.05, 4.69) is 0 Å². The topological polar surface area (TPSA) is 74.6 Å². The van der Waals surface area contributed by atoms with Gasteiger partial charge >= 0.3 is 0 Å². The summed E-state index contributed by atoms with van der Waals surface area (Å²) in [6.07, 6.45) is -2.48. The second kappa shape index (κ2) is 4.70. The molecule has 3 atom stereocenters. The van der Waals surface area contributed by atoms with Crippen molar-refractivity contribution in [3.05, 3.63) is 65.7 Å². The maximum atomic E-state index is 12.5. The zero-order valence-electron chi connectivity index (χ0n) is 10.5. The third-order valence-electron chi connectivity index (χ3n) is 3.67. The molecule has 4 nitrogen and oxygen atoms in total. The van der Waals surface area contributed by atoms with E-state index in [1.807, 2.05) is 0 Å². The number of aliphatic hydroxyl groups excluding tert-OH is 2. The van der Waals surface area contributed by atoms with Gasteiger partial charge in [-0.05, 0) is 11.6 Å². The fourth-order valence-corrected chi connectivity index (χ4v) is 4.72. The average molecular weight is 290 g/mol. The van der Waals surface area contributed by atoms with Crippen molar-refractivity contribution in [3.8, 4) is 0 Å². The van der Waals surface area contributed by atoms with Crippen LogP contribution in [-0.4, -0.2) is 23.9 Å². The van der Waals surface area contributed by atoms with Crippen molar-refractivity contribution in [2.75, 3.05) is 0 Å². The van der Waals surface area contributed by atoms with Crippen LogP contribution in [0, 0.1) is 0 Å². The van der Waals surface area contributed by atoms with Crippen molar-refractivity contribution in [1.29, 1.82) is 0 Å². The van der Waals surface area contributed by atoms with Gasteiger partial charge in [-0.2, -0.15) is 0 Å². The molecule has 2 N–H and O–H groups in total. The average Bonchev–Trinajstić information content (AvgIpc) is 2.67. The van der Waals surface area contributed by atoms with Crippen LogP contribution in [-0.2, 0) is 9.84 Å². The summed E-state index contributed by atoms with van der Waals surface area (Å²) in [4.78, 5) is 0.104. The zero-order chi connectivity index (χ0) is 14.3. The van der Waals surface area contributed by atoms with Crippen LogP contribution >= 0.6 is 0 Å². The monoisotopic (exact) mass is 290 g/mol. The van der Waals surface area contributed by atoms with E-state index in [1.165, 1.54) is 6.07 Å². The summed E-state index contributed by atoms with van der Waals surface area (Å²) < 4.78 is 25.0. The van der Waals surface area contributed by atoms with E-state index >= 15 is 0 Å². The molecule has 0 aromatic heterocycles. The molecule has 2 aromatic carbocycles. The molecule has 20 heavy (non-hydrogen) atoms. The predicted molar refractivity (Wildman–Crippen MR) is 73.8 cm³/mol. The van der Waals surface area contributed by atoms with E-state index in [4.69, 9.17) is 0 Å². The van der Waals surface area contributed by atoms with E-state index in [1.54, 1.807) is 48.5 Å². The summed E-state index contributed by atoms with van der Waals surface area (Å²) >= 11 is 0. The minimum absolute atomic E-state index is 0.104. The Bertz CT molecular complexity index is 725. The van der Waals surface area contributed by atoms with Crippen molar-refractivity contribution < 1.29 is 18.6 Å². The lowest BCUT2D eigenvalue weighted by molar-refractivity contribution is 0.0887. The molecule has 5 heteroatoms. The lowest BCUT2D eigenvalue weighted by Crippen LogP contribution is -2.28. The van der Waals surface area contributed by atoms with Gasteiger partial charge in [-0.25, -0.2) is 8.42 Å². The van der Waals surface area contributed by atoms with Gasteiger partial charge in [0.05, 0.1) is 11.0 Å². The molecule has 0 saturated carbocycles. The van der Waals surface area contributed by atoms with Gasteiger partial charge in [0.2, 0.25) is 0 Å². The number of aliphatic hydroxyl groups is 2. The third-order valence-corrected chi connectivity index (χ3v) is 5.88. The lowest BCUT2D eigenvalue weighted by Gasteiger charge is -2.21. The highest BCUT2D eigenvalue weighted by Crippen LogP contribution is 2.44. The first-order valence-corrected chi connectivity index (χ1v) is 7.82. The summed E-state index contributed by atoms with van der Waals surface area (Å²) in [5, 5.41) is 19.4. The molecule has 0 radical (unpaired) electrons. The Balaban J connectivity index is 2.09. The van der Waals surface area contributed by atoms with Crippen LogP contribution in [0.5, 0.6) is 0 Å². The second-order valence-electron chi connectivity index (χ2n) is 4.85. The number of benzene rings is 2. The highest BCUT2D eigenvalue weighted by atomic mass is 32.2. The molecule has 0 saturated heterocycles. The molecule has 3 unspecified atom stereocenters. The third kappa shape index (κ3) is 1.86. The highest BCUT2D eigenvalue weighted by Gasteiger charge is 2.48. The highest BCUT2D eigenvalue weighted by molar-refractivity contribution is 7.92. The second-order valence-corrected chi connectivity index (χ2v) is 6.92. The van der Waals surface area contributed by atoms with Gasteiger partial charge in [0.25, 0.3) is 0 Å². The van der Waals surface area contributed by atoms with E-state index in [0.29, 0.717) is 11.1 Å². The summed E-state index contributed by atoms with van der Waals surface area (Å²) in [5.74, 6) is 0. The van der Waals surface area contributed by atoms with Crippen molar-refractivity contribution >= 4 is 9.84 Å². The van der Waals surface area contributed by atoms with Gasteiger partial charge in [0.15, 0.2) is 9.84 Å². The van der Waals surface area contributed by atoms with E-state index < -0.39 is 27.3 Å². The van der Waals surface area contributed by atoms with Crippen LogP contribution in [0.3, 0.4) is 0 Å². The Kier molecular flexibility index (Phi) is 3.12. The van der Waals surface area contributed by atoms with Crippen LogP contribution in [0.15, 0.2) is 59.5 Å². The first-order chi connectivity index (χ1) is 9.53. The van der Waals surface area contributed by atoms with Crippen molar-refractivity contribution in [2.24, 2.45) is 0 Å². The molecule has 1 aliphatic heterocycles. The largest absolute Gasteiger partial charge is 0.387 e. The van der Waals surface area contributed by atoms with Crippen molar-refractivity contribution in [2.45, 2.75) is 22.4 Å². The van der Waals surface area contributed by atoms with E-state index in [-0.39, 0.29) is 4.90 Å². The van der Waals surface area contributed by atoms with E-state index in [9.17, 15) is 18.6 Å². The van der Waals surface area contributed by atoms with Gasteiger partial charge in [-0.1, -0.05) is 48.5 Å². The normalized spacial score (nSPS) is 25.1. The molecule has 0 fully saturated rings. The van der Waals surface area contributed by atoms with Gasteiger partial charge in [0, 0.05) is 5.56 Å². The smallest absolute Gasteiger partial charge is 0.187 e. The van der Waals surface area contributed by atoms with Crippen LogP contribution < -0.4 is 0 Å².